The molecule has 6 heteroatoms. The highest BCUT2D eigenvalue weighted by Crippen LogP contribution is 2.15. The Kier molecular flexibility index (Phi) is 5.79. The Bertz CT molecular complexity index is 1010. The third kappa shape index (κ3) is 4.79. The minimum Gasteiger partial charge on any atom is -0.347 e. The van der Waals surface area contributed by atoms with Crippen molar-refractivity contribution < 1.29 is 14.0 Å². The summed E-state index contributed by atoms with van der Waals surface area (Å²) in [6.07, 6.45) is 0. The number of nitrogens with zero attached hydrogens (tertiary/aromatic N) is 1. The number of halogens is 1. The zero-order valence-corrected chi connectivity index (χ0v) is 15.6. The monoisotopic (exact) mass is 377 g/mol. The van der Waals surface area contributed by atoms with Gasteiger partial charge in [-0.05, 0) is 55.3 Å². The van der Waals surface area contributed by atoms with Gasteiger partial charge < -0.3 is 10.6 Å². The van der Waals surface area contributed by atoms with Crippen molar-refractivity contribution in [2.24, 2.45) is 0 Å². The van der Waals surface area contributed by atoms with Crippen molar-refractivity contribution in [2.75, 3.05) is 5.32 Å². The van der Waals surface area contributed by atoms with Crippen LogP contribution in [-0.4, -0.2) is 16.8 Å². The average Bonchev–Trinajstić information content (AvgIpc) is 2.66. The van der Waals surface area contributed by atoms with Crippen molar-refractivity contribution in [1.82, 2.24) is 10.3 Å². The van der Waals surface area contributed by atoms with Crippen LogP contribution in [0.4, 0.5) is 10.1 Å². The molecule has 0 unspecified atom stereocenters. The summed E-state index contributed by atoms with van der Waals surface area (Å²) in [6.45, 7) is 3.93. The van der Waals surface area contributed by atoms with Crippen molar-refractivity contribution >= 4 is 17.5 Å². The molecule has 28 heavy (non-hydrogen) atoms. The van der Waals surface area contributed by atoms with Gasteiger partial charge in [0.15, 0.2) is 0 Å². The zero-order valence-electron chi connectivity index (χ0n) is 15.6. The van der Waals surface area contributed by atoms with E-state index < -0.39 is 17.6 Å². The second kappa shape index (κ2) is 8.43. The minimum absolute atomic E-state index is 0.0339. The second-order valence-corrected chi connectivity index (χ2v) is 6.51. The molecule has 0 radical (unpaired) electrons. The Morgan fingerprint density at radius 2 is 1.54 bits per heavy atom. The van der Waals surface area contributed by atoms with Crippen LogP contribution in [0.3, 0.4) is 0 Å². The molecule has 3 rings (SSSR count). The number of pyridine rings is 1. The van der Waals surface area contributed by atoms with Crippen LogP contribution in [0.15, 0.2) is 60.7 Å². The van der Waals surface area contributed by atoms with E-state index in [1.54, 1.807) is 24.3 Å². The van der Waals surface area contributed by atoms with Crippen LogP contribution in [-0.2, 0) is 6.54 Å². The number of amides is 2. The minimum atomic E-state index is -0.482. The highest BCUT2D eigenvalue weighted by atomic mass is 19.1. The van der Waals surface area contributed by atoms with Gasteiger partial charge in [-0.15, -0.1) is 0 Å². The van der Waals surface area contributed by atoms with Crippen LogP contribution < -0.4 is 10.6 Å². The molecule has 2 amide bonds. The molecule has 1 heterocycles. The molecular weight excluding hydrogens is 357 g/mol. The lowest BCUT2D eigenvalue weighted by Gasteiger charge is -2.09. The molecule has 0 bridgehead atoms. The summed E-state index contributed by atoms with van der Waals surface area (Å²) >= 11 is 0. The van der Waals surface area contributed by atoms with Gasteiger partial charge in [-0.3, -0.25) is 9.59 Å². The fourth-order valence-electron chi connectivity index (χ4n) is 2.84. The predicted molar refractivity (Wildman–Crippen MR) is 106 cm³/mol. The first kappa shape index (κ1) is 19.2. The van der Waals surface area contributed by atoms with E-state index in [2.05, 4.69) is 15.6 Å². The number of hydrogen-bond acceptors (Lipinski definition) is 3. The number of carbonyl (C=O) groups excluding carboxylic acids is 2. The summed E-state index contributed by atoms with van der Waals surface area (Å²) in [5.41, 5.74) is 3.31. The quantitative estimate of drug-likeness (QED) is 0.705. The molecular formula is C22H20FN3O2. The summed E-state index contributed by atoms with van der Waals surface area (Å²) in [4.78, 5) is 28.9. The van der Waals surface area contributed by atoms with Crippen LogP contribution in [0.1, 0.15) is 37.7 Å². The maximum atomic E-state index is 13.7. The first-order valence-corrected chi connectivity index (χ1v) is 8.80. The van der Waals surface area contributed by atoms with Crippen LogP contribution >= 0.6 is 0 Å². The van der Waals surface area contributed by atoms with Gasteiger partial charge in [0.1, 0.15) is 17.2 Å². The maximum Gasteiger partial charge on any atom is 0.274 e. The molecule has 0 spiro atoms. The molecule has 0 aliphatic heterocycles. The van der Waals surface area contributed by atoms with E-state index in [0.717, 1.165) is 11.1 Å². The number of nitrogens with one attached hydrogen (secondary N) is 2. The van der Waals surface area contributed by atoms with Gasteiger partial charge >= 0.3 is 0 Å². The summed E-state index contributed by atoms with van der Waals surface area (Å²) in [6, 6.07) is 16.5. The molecule has 0 aliphatic rings. The second-order valence-electron chi connectivity index (χ2n) is 6.51. The van der Waals surface area contributed by atoms with Gasteiger partial charge in [-0.25, -0.2) is 9.37 Å². The summed E-state index contributed by atoms with van der Waals surface area (Å²) < 4.78 is 13.7. The number of aryl methyl sites for hydroxylation is 2. The Hall–Kier alpha value is -3.54. The van der Waals surface area contributed by atoms with E-state index in [1.165, 1.54) is 18.2 Å². The SMILES string of the molecule is Cc1cc(C)cc(NC(=O)c2cccc(C(=O)NCc3ccccc3F)n2)c1. The standard InChI is InChI=1S/C22H20FN3O2/c1-14-10-15(2)12-17(11-14)25-22(28)20-9-5-8-19(26-20)21(27)24-13-16-6-3-4-7-18(16)23/h3-12H,13H2,1-2H3,(H,24,27)(H,25,28). The topological polar surface area (TPSA) is 71.1 Å². The number of carbonyl (C=O) groups is 2. The van der Waals surface area contributed by atoms with Gasteiger partial charge in [0.25, 0.3) is 11.8 Å². The van der Waals surface area contributed by atoms with E-state index in [1.807, 2.05) is 32.0 Å². The number of rotatable bonds is 5. The smallest absolute Gasteiger partial charge is 0.274 e. The third-order valence-corrected chi connectivity index (χ3v) is 4.09. The Labute approximate surface area is 162 Å². The maximum absolute atomic E-state index is 13.7. The molecule has 142 valence electrons. The van der Waals surface area contributed by atoms with Crippen molar-refractivity contribution in [3.05, 3.63) is 94.6 Å². The number of benzene rings is 2. The molecule has 1 aromatic heterocycles. The Balaban J connectivity index is 1.69. The van der Waals surface area contributed by atoms with Gasteiger partial charge in [0.05, 0.1) is 0 Å². The largest absolute Gasteiger partial charge is 0.347 e. The predicted octanol–water partition coefficient (Wildman–Crippen LogP) is 4.02. The van der Waals surface area contributed by atoms with Gasteiger partial charge in [-0.1, -0.05) is 30.3 Å². The van der Waals surface area contributed by atoms with Crippen molar-refractivity contribution in [1.29, 1.82) is 0 Å². The number of aromatic nitrogens is 1. The summed E-state index contributed by atoms with van der Waals surface area (Å²) in [7, 11) is 0. The van der Waals surface area contributed by atoms with Gasteiger partial charge in [0, 0.05) is 17.8 Å². The number of hydrogen-bond donors (Lipinski definition) is 2. The van der Waals surface area contributed by atoms with E-state index in [9.17, 15) is 14.0 Å². The summed E-state index contributed by atoms with van der Waals surface area (Å²) in [5, 5.41) is 5.40. The van der Waals surface area contributed by atoms with Crippen molar-refractivity contribution in [2.45, 2.75) is 20.4 Å². The Morgan fingerprint density at radius 3 is 2.21 bits per heavy atom. The molecule has 0 aliphatic carbocycles. The first-order chi connectivity index (χ1) is 13.4. The fraction of sp³-hybridized carbons (Fsp3) is 0.136. The van der Waals surface area contributed by atoms with E-state index in [-0.39, 0.29) is 17.9 Å². The normalized spacial score (nSPS) is 10.4. The lowest BCUT2D eigenvalue weighted by molar-refractivity contribution is 0.0945. The molecule has 0 fully saturated rings. The average molecular weight is 377 g/mol. The molecule has 0 atom stereocenters. The van der Waals surface area contributed by atoms with Gasteiger partial charge in [0.2, 0.25) is 0 Å². The Morgan fingerprint density at radius 1 is 0.893 bits per heavy atom. The van der Waals surface area contributed by atoms with Gasteiger partial charge in [-0.2, -0.15) is 0 Å². The van der Waals surface area contributed by atoms with Crippen LogP contribution in [0.5, 0.6) is 0 Å². The molecule has 3 aromatic rings. The first-order valence-electron chi connectivity index (χ1n) is 8.80. The summed E-state index contributed by atoms with van der Waals surface area (Å²) in [5.74, 6) is -1.28. The van der Waals surface area contributed by atoms with E-state index >= 15 is 0 Å². The molecule has 0 saturated carbocycles. The lowest BCUT2D eigenvalue weighted by Crippen LogP contribution is -2.25. The van der Waals surface area contributed by atoms with E-state index in [0.29, 0.717) is 11.3 Å². The van der Waals surface area contributed by atoms with Crippen molar-refractivity contribution in [3.8, 4) is 0 Å². The highest BCUT2D eigenvalue weighted by molar-refractivity contribution is 6.03. The molecule has 2 N–H and O–H groups in total. The van der Waals surface area contributed by atoms with Crippen LogP contribution in [0, 0.1) is 19.7 Å². The fourth-order valence-corrected chi connectivity index (χ4v) is 2.84. The molecule has 0 saturated heterocycles. The highest BCUT2D eigenvalue weighted by Gasteiger charge is 2.13. The van der Waals surface area contributed by atoms with Crippen LogP contribution in [0.25, 0.3) is 0 Å². The lowest BCUT2D eigenvalue weighted by atomic mass is 10.1. The zero-order chi connectivity index (χ0) is 20.1. The molecule has 2 aromatic carbocycles. The molecule has 5 nitrogen and oxygen atoms in total. The van der Waals surface area contributed by atoms with E-state index in [4.69, 9.17) is 0 Å². The third-order valence-electron chi connectivity index (χ3n) is 4.09. The number of anilines is 1. The van der Waals surface area contributed by atoms with Crippen LogP contribution in [0.2, 0.25) is 0 Å². The van der Waals surface area contributed by atoms with Crippen molar-refractivity contribution in [3.63, 3.8) is 0 Å².